The van der Waals surface area contributed by atoms with Gasteiger partial charge in [-0.3, -0.25) is 14.2 Å². The van der Waals surface area contributed by atoms with E-state index < -0.39 is 32.5 Å². The second-order valence-corrected chi connectivity index (χ2v) is 23.4. The van der Waals surface area contributed by atoms with Crippen LogP contribution < -0.4 is 4.89 Å². The van der Waals surface area contributed by atoms with Gasteiger partial charge in [-0.1, -0.05) is 251 Å². The molecule has 0 aromatic rings. The summed E-state index contributed by atoms with van der Waals surface area (Å²) in [6.45, 7) is 4.11. The van der Waals surface area contributed by atoms with Crippen molar-refractivity contribution < 1.29 is 42.1 Å². The zero-order valence-electron chi connectivity index (χ0n) is 51.3. The normalized spacial score (nSPS) is 14.1. The van der Waals surface area contributed by atoms with Crippen LogP contribution in [-0.2, 0) is 32.7 Å². The van der Waals surface area contributed by atoms with E-state index >= 15 is 0 Å². The van der Waals surface area contributed by atoms with Crippen LogP contribution in [0.5, 0.6) is 0 Å². The number of phosphoric acid groups is 1. The van der Waals surface area contributed by atoms with E-state index in [0.29, 0.717) is 17.4 Å². The van der Waals surface area contributed by atoms with Crippen LogP contribution in [-0.4, -0.2) is 70.0 Å². The third-order valence-corrected chi connectivity index (χ3v) is 14.2. The Labute approximate surface area is 486 Å². The number of allylic oxidation sites excluding steroid dienone is 20. The molecule has 0 aromatic carbocycles. The fourth-order valence-electron chi connectivity index (χ4n) is 8.35. The number of carbonyl (C=O) groups excluding carboxylic acids is 2. The molecule has 0 heterocycles. The summed E-state index contributed by atoms with van der Waals surface area (Å²) in [6.07, 6.45) is 83.9. The lowest BCUT2D eigenvalue weighted by atomic mass is 10.1. The van der Waals surface area contributed by atoms with Gasteiger partial charge in [0.25, 0.3) is 7.82 Å². The number of rotatable bonds is 57. The van der Waals surface area contributed by atoms with Gasteiger partial charge in [0.05, 0.1) is 27.7 Å². The maximum absolute atomic E-state index is 12.8. The van der Waals surface area contributed by atoms with Gasteiger partial charge in [0, 0.05) is 12.8 Å². The first-order valence-electron chi connectivity index (χ1n) is 31.7. The average Bonchev–Trinajstić information content (AvgIpc) is 3.41. The van der Waals surface area contributed by atoms with Gasteiger partial charge in [-0.15, -0.1) is 0 Å². The quantitative estimate of drug-likeness (QED) is 0.0195. The van der Waals surface area contributed by atoms with Crippen LogP contribution in [0.1, 0.15) is 251 Å². The van der Waals surface area contributed by atoms with Crippen LogP contribution in [0.15, 0.2) is 122 Å². The molecule has 0 aliphatic heterocycles. The number of unbranched alkanes of at least 4 members (excludes halogenated alkanes) is 23. The largest absolute Gasteiger partial charge is 0.756 e. The van der Waals surface area contributed by atoms with Gasteiger partial charge in [0.1, 0.15) is 19.8 Å². The minimum Gasteiger partial charge on any atom is -0.756 e. The van der Waals surface area contributed by atoms with E-state index in [-0.39, 0.29) is 26.1 Å². The summed E-state index contributed by atoms with van der Waals surface area (Å²) >= 11 is 0. The Kier molecular flexibility index (Phi) is 56.4. The number of likely N-dealkylation sites (N-methyl/N-ethyl adjacent to an activating group) is 1. The number of carbonyl (C=O) groups is 2. The molecular formula is C69H118NO8P. The SMILES string of the molecule is CC/C=C\C/C=C\C/C=C\C/C=C\C/C=C\C/C=C\C/C=C\C/C=C\C/C=C\CCCCCCCCCCCC(=O)OC(COC(=O)CCCCCCCCC/C=C\CCCCCCCCC)COP(=O)([O-])OCC[N+](C)(C)C. The number of hydrogen-bond donors (Lipinski definition) is 0. The van der Waals surface area contributed by atoms with E-state index in [2.05, 4.69) is 135 Å². The van der Waals surface area contributed by atoms with Crippen molar-refractivity contribution in [2.45, 2.75) is 258 Å². The molecule has 0 rings (SSSR count). The summed E-state index contributed by atoms with van der Waals surface area (Å²) in [4.78, 5) is 37.9. The van der Waals surface area contributed by atoms with Gasteiger partial charge in [-0.05, 0) is 109 Å². The van der Waals surface area contributed by atoms with E-state index in [9.17, 15) is 19.0 Å². The Hall–Kier alpha value is -3.59. The minimum atomic E-state index is -4.65. The van der Waals surface area contributed by atoms with Crippen LogP contribution in [0, 0.1) is 0 Å². The monoisotopic (exact) mass is 1120 g/mol. The lowest BCUT2D eigenvalue weighted by Gasteiger charge is -2.28. The molecule has 0 spiro atoms. The number of phosphoric ester groups is 1. The lowest BCUT2D eigenvalue weighted by Crippen LogP contribution is -2.37. The van der Waals surface area contributed by atoms with Crippen molar-refractivity contribution in [3.05, 3.63) is 122 Å². The maximum atomic E-state index is 12.8. The first kappa shape index (κ1) is 75.4. The molecule has 0 radical (unpaired) electrons. The predicted octanol–water partition coefficient (Wildman–Crippen LogP) is 19.7. The van der Waals surface area contributed by atoms with Crippen LogP contribution in [0.2, 0.25) is 0 Å². The molecule has 9 nitrogen and oxygen atoms in total. The first-order chi connectivity index (χ1) is 38.5. The van der Waals surface area contributed by atoms with Crippen molar-refractivity contribution >= 4 is 19.8 Å². The molecule has 2 atom stereocenters. The van der Waals surface area contributed by atoms with Crippen LogP contribution in [0.25, 0.3) is 0 Å². The Morgan fingerprint density at radius 1 is 0.405 bits per heavy atom. The Morgan fingerprint density at radius 3 is 1.09 bits per heavy atom. The second-order valence-electron chi connectivity index (χ2n) is 22.0. The molecule has 0 amide bonds. The fraction of sp³-hybridized carbons (Fsp3) is 0.681. The summed E-state index contributed by atoms with van der Waals surface area (Å²) in [5.41, 5.74) is 0. The first-order valence-corrected chi connectivity index (χ1v) is 33.2. The van der Waals surface area contributed by atoms with Gasteiger partial charge >= 0.3 is 11.9 Å². The van der Waals surface area contributed by atoms with Crippen molar-refractivity contribution in [2.24, 2.45) is 0 Å². The summed E-state index contributed by atoms with van der Waals surface area (Å²) in [5.74, 6) is -0.848. The number of esters is 2. The molecule has 0 aromatic heterocycles. The smallest absolute Gasteiger partial charge is 0.306 e. The molecule has 0 aliphatic rings. The summed E-state index contributed by atoms with van der Waals surface area (Å²) in [5, 5.41) is 0. The highest BCUT2D eigenvalue weighted by molar-refractivity contribution is 7.45. The Morgan fingerprint density at radius 2 is 0.722 bits per heavy atom. The molecule has 0 bridgehead atoms. The zero-order valence-corrected chi connectivity index (χ0v) is 52.2. The third-order valence-electron chi connectivity index (χ3n) is 13.2. The summed E-state index contributed by atoms with van der Waals surface area (Å²) in [6, 6.07) is 0. The third kappa shape index (κ3) is 63.5. The number of hydrogen-bond acceptors (Lipinski definition) is 8. The van der Waals surface area contributed by atoms with Crippen molar-refractivity contribution in [1.82, 2.24) is 0 Å². The van der Waals surface area contributed by atoms with Gasteiger partial charge in [-0.2, -0.15) is 0 Å². The van der Waals surface area contributed by atoms with Crippen LogP contribution in [0.3, 0.4) is 0 Å². The molecule has 452 valence electrons. The van der Waals surface area contributed by atoms with Gasteiger partial charge in [0.2, 0.25) is 0 Å². The molecule has 10 heteroatoms. The standard InChI is InChI=1S/C69H118NO8P/c1-6-8-10-12-14-16-18-20-22-24-26-27-28-29-30-31-32-33-34-35-36-37-38-39-40-41-42-43-44-46-48-50-52-54-56-58-60-62-69(72)78-67(66-77-79(73,74)76-64-63-70(3,4)5)65-75-68(71)61-59-57-55-53-51-49-47-45-25-23-21-19-17-15-13-11-9-7-2/h8,10,14,16,20,22-23,25-27,29-30,32-33,35-36,38-39,41-42,67H,6-7,9,11-13,15,17-19,21,24,28,31,34,37,40,43-66H2,1-5H3/b10-8-,16-14-,22-20-,25-23-,27-26-,30-29-,33-32-,36-35-,39-38-,42-41-. The summed E-state index contributed by atoms with van der Waals surface area (Å²) in [7, 11) is 1.15. The molecule has 0 N–H and O–H groups in total. The van der Waals surface area contributed by atoms with E-state index in [1.807, 2.05) is 21.1 Å². The molecule has 0 aliphatic carbocycles. The van der Waals surface area contributed by atoms with E-state index in [1.54, 1.807) is 0 Å². The van der Waals surface area contributed by atoms with Crippen molar-refractivity contribution in [3.8, 4) is 0 Å². The van der Waals surface area contributed by atoms with E-state index in [1.165, 1.54) is 103 Å². The van der Waals surface area contributed by atoms with Gasteiger partial charge < -0.3 is 27.9 Å². The molecule has 79 heavy (non-hydrogen) atoms. The van der Waals surface area contributed by atoms with Gasteiger partial charge in [0.15, 0.2) is 6.10 Å². The van der Waals surface area contributed by atoms with Crippen LogP contribution >= 0.6 is 7.82 Å². The highest BCUT2D eigenvalue weighted by Crippen LogP contribution is 2.38. The number of ether oxygens (including phenoxy) is 2. The Balaban J connectivity index is 4.14. The molecule has 2 unspecified atom stereocenters. The number of nitrogens with zero attached hydrogens (tertiary/aromatic N) is 1. The summed E-state index contributed by atoms with van der Waals surface area (Å²) < 4.78 is 34.2. The molecule has 0 saturated heterocycles. The molecular weight excluding hydrogens is 1000 g/mol. The van der Waals surface area contributed by atoms with Crippen LogP contribution in [0.4, 0.5) is 0 Å². The van der Waals surface area contributed by atoms with Crippen molar-refractivity contribution in [2.75, 3.05) is 47.5 Å². The molecule has 0 fully saturated rings. The number of quaternary nitrogens is 1. The second kappa shape index (κ2) is 59.0. The zero-order chi connectivity index (χ0) is 57.7. The van der Waals surface area contributed by atoms with Gasteiger partial charge in [-0.25, -0.2) is 0 Å². The highest BCUT2D eigenvalue weighted by atomic mass is 31.2. The average molecular weight is 1120 g/mol. The highest BCUT2D eigenvalue weighted by Gasteiger charge is 2.22. The van der Waals surface area contributed by atoms with E-state index in [4.69, 9.17) is 18.5 Å². The topological polar surface area (TPSA) is 111 Å². The predicted molar refractivity (Wildman–Crippen MR) is 337 cm³/mol. The fourth-order valence-corrected chi connectivity index (χ4v) is 9.08. The van der Waals surface area contributed by atoms with Crippen molar-refractivity contribution in [1.29, 1.82) is 0 Å². The maximum Gasteiger partial charge on any atom is 0.306 e. The Bertz CT molecular complexity index is 1750. The minimum absolute atomic E-state index is 0.0378. The molecule has 0 saturated carbocycles. The van der Waals surface area contributed by atoms with E-state index in [0.717, 1.165) is 116 Å². The lowest BCUT2D eigenvalue weighted by molar-refractivity contribution is -0.870. The van der Waals surface area contributed by atoms with Crippen molar-refractivity contribution in [3.63, 3.8) is 0 Å².